The van der Waals surface area contributed by atoms with Crippen molar-refractivity contribution >= 4 is 45.9 Å². The van der Waals surface area contributed by atoms with Crippen LogP contribution in [-0.2, 0) is 20.9 Å². The molecule has 1 saturated heterocycles. The molecule has 1 aliphatic heterocycles. The SMILES string of the molecule is COC(=O)c1ccc(CN2C(=O)N/C(=C\c3cc(Br)cc(OC)c3O[C@@H](C)C(=O)O)C2=O)o1. The zero-order chi connectivity index (χ0) is 24.3. The Kier molecular flexibility index (Phi) is 7.07. The van der Waals surface area contributed by atoms with Crippen molar-refractivity contribution in [1.29, 1.82) is 0 Å². The highest BCUT2D eigenvalue weighted by Gasteiger charge is 2.35. The fraction of sp³-hybridized carbons (Fsp3) is 0.238. The zero-order valence-electron chi connectivity index (χ0n) is 17.7. The highest BCUT2D eigenvalue weighted by molar-refractivity contribution is 9.10. The number of carboxylic acids is 1. The molecule has 0 bridgehead atoms. The number of amides is 3. The van der Waals surface area contributed by atoms with Crippen molar-refractivity contribution in [2.75, 3.05) is 14.2 Å². The summed E-state index contributed by atoms with van der Waals surface area (Å²) in [7, 11) is 2.58. The summed E-state index contributed by atoms with van der Waals surface area (Å²) >= 11 is 3.32. The molecule has 1 aliphatic rings. The maximum absolute atomic E-state index is 12.9. The Morgan fingerprint density at radius 3 is 2.64 bits per heavy atom. The molecule has 0 unspecified atom stereocenters. The van der Waals surface area contributed by atoms with Crippen LogP contribution in [0.15, 0.2) is 38.9 Å². The summed E-state index contributed by atoms with van der Waals surface area (Å²) in [4.78, 5) is 48.9. The number of carbonyl (C=O) groups is 4. The van der Waals surface area contributed by atoms with Crippen LogP contribution in [-0.4, -0.2) is 54.2 Å². The van der Waals surface area contributed by atoms with Gasteiger partial charge in [-0.2, -0.15) is 0 Å². The van der Waals surface area contributed by atoms with Crippen LogP contribution in [0.2, 0.25) is 0 Å². The molecule has 174 valence electrons. The lowest BCUT2D eigenvalue weighted by molar-refractivity contribution is -0.144. The molecule has 0 saturated carbocycles. The summed E-state index contributed by atoms with van der Waals surface area (Å²) in [6.07, 6.45) is 0.143. The number of rotatable bonds is 8. The second-order valence-electron chi connectivity index (χ2n) is 6.76. The maximum Gasteiger partial charge on any atom is 0.373 e. The van der Waals surface area contributed by atoms with Crippen LogP contribution in [0.25, 0.3) is 6.08 Å². The molecule has 3 rings (SSSR count). The molecule has 0 radical (unpaired) electrons. The van der Waals surface area contributed by atoms with Crippen LogP contribution >= 0.6 is 15.9 Å². The number of carbonyl (C=O) groups excluding carboxylic acids is 3. The molecule has 33 heavy (non-hydrogen) atoms. The molecule has 1 aromatic heterocycles. The molecule has 0 aliphatic carbocycles. The van der Waals surface area contributed by atoms with Crippen LogP contribution in [0, 0.1) is 0 Å². The van der Waals surface area contributed by atoms with Gasteiger partial charge in [0.25, 0.3) is 5.91 Å². The van der Waals surface area contributed by atoms with Crippen LogP contribution in [0.4, 0.5) is 4.79 Å². The Morgan fingerprint density at radius 1 is 1.27 bits per heavy atom. The smallest absolute Gasteiger partial charge is 0.373 e. The third-order valence-electron chi connectivity index (χ3n) is 4.53. The van der Waals surface area contributed by atoms with Crippen molar-refractivity contribution in [3.8, 4) is 11.5 Å². The summed E-state index contributed by atoms with van der Waals surface area (Å²) < 4.78 is 21.3. The quantitative estimate of drug-likeness (QED) is 0.303. The van der Waals surface area contributed by atoms with E-state index in [-0.39, 0.29) is 35.3 Å². The molecule has 12 heteroatoms. The van der Waals surface area contributed by atoms with E-state index in [2.05, 4.69) is 26.0 Å². The average molecular weight is 523 g/mol. The van der Waals surface area contributed by atoms with Crippen molar-refractivity contribution in [3.63, 3.8) is 0 Å². The van der Waals surface area contributed by atoms with Crippen LogP contribution in [0.1, 0.15) is 28.8 Å². The molecule has 2 aromatic rings. The molecule has 2 N–H and O–H groups in total. The highest BCUT2D eigenvalue weighted by atomic mass is 79.9. The van der Waals surface area contributed by atoms with E-state index < -0.39 is 30.0 Å². The molecule has 1 fully saturated rings. The van der Waals surface area contributed by atoms with Gasteiger partial charge in [0.15, 0.2) is 17.6 Å². The second kappa shape index (κ2) is 9.77. The molecular weight excluding hydrogens is 504 g/mol. The number of nitrogens with one attached hydrogen (secondary N) is 1. The van der Waals surface area contributed by atoms with E-state index in [1.807, 2.05) is 0 Å². The van der Waals surface area contributed by atoms with E-state index in [0.717, 1.165) is 4.90 Å². The van der Waals surface area contributed by atoms with Crippen LogP contribution in [0.3, 0.4) is 0 Å². The van der Waals surface area contributed by atoms with E-state index in [4.69, 9.17) is 13.9 Å². The van der Waals surface area contributed by atoms with Gasteiger partial charge < -0.3 is 29.1 Å². The Hall–Kier alpha value is -3.80. The topological polar surface area (TPSA) is 145 Å². The van der Waals surface area contributed by atoms with Gasteiger partial charge >= 0.3 is 18.0 Å². The van der Waals surface area contributed by atoms with Crippen molar-refractivity contribution in [1.82, 2.24) is 10.2 Å². The number of benzene rings is 1. The fourth-order valence-electron chi connectivity index (χ4n) is 2.90. The minimum Gasteiger partial charge on any atom is -0.493 e. The Bertz CT molecular complexity index is 1150. The zero-order valence-corrected chi connectivity index (χ0v) is 19.3. The van der Waals surface area contributed by atoms with Gasteiger partial charge in [0.1, 0.15) is 11.5 Å². The van der Waals surface area contributed by atoms with Crippen molar-refractivity contribution in [2.45, 2.75) is 19.6 Å². The van der Waals surface area contributed by atoms with E-state index in [9.17, 15) is 24.3 Å². The number of hydrogen-bond acceptors (Lipinski definition) is 8. The van der Waals surface area contributed by atoms with Gasteiger partial charge in [-0.15, -0.1) is 0 Å². The molecule has 11 nitrogen and oxygen atoms in total. The van der Waals surface area contributed by atoms with Crippen molar-refractivity contribution in [3.05, 3.63) is 51.5 Å². The Labute approximate surface area is 196 Å². The first-order valence-electron chi connectivity index (χ1n) is 9.43. The number of aliphatic carboxylic acids is 1. The average Bonchev–Trinajstić information content (AvgIpc) is 3.35. The number of halogens is 1. The number of urea groups is 1. The fourth-order valence-corrected chi connectivity index (χ4v) is 3.36. The van der Waals surface area contributed by atoms with Gasteiger partial charge in [-0.3, -0.25) is 9.69 Å². The van der Waals surface area contributed by atoms with Crippen molar-refractivity contribution < 1.29 is 42.9 Å². The third kappa shape index (κ3) is 5.17. The Morgan fingerprint density at radius 2 is 2.00 bits per heavy atom. The predicted octanol–water partition coefficient (Wildman–Crippen LogP) is 2.78. The van der Waals surface area contributed by atoms with Gasteiger partial charge in [-0.25, -0.2) is 14.4 Å². The number of hydrogen-bond donors (Lipinski definition) is 2. The van der Waals surface area contributed by atoms with Gasteiger partial charge in [0, 0.05) is 10.0 Å². The first-order chi connectivity index (χ1) is 15.6. The molecule has 1 aromatic carbocycles. The standard InChI is InChI=1S/C21H19BrN2O9/c1-10(19(26)27)32-17-11(6-12(22)8-16(17)30-2)7-14-18(25)24(21(29)23-14)9-13-4-5-15(33-13)20(28)31-3/h4-8,10H,9H2,1-3H3,(H,23,29)(H,26,27)/b14-7-/t10-/m0/s1. The number of imide groups is 1. The number of carboxylic acid groups (broad SMARTS) is 1. The number of furan rings is 1. The largest absolute Gasteiger partial charge is 0.493 e. The van der Waals surface area contributed by atoms with E-state index in [1.165, 1.54) is 39.4 Å². The summed E-state index contributed by atoms with van der Waals surface area (Å²) in [5.74, 6) is -2.10. The van der Waals surface area contributed by atoms with Crippen LogP contribution < -0.4 is 14.8 Å². The lowest BCUT2D eigenvalue weighted by Gasteiger charge is -2.17. The third-order valence-corrected chi connectivity index (χ3v) is 4.99. The Balaban J connectivity index is 1.91. The van der Waals surface area contributed by atoms with Gasteiger partial charge in [0.2, 0.25) is 5.76 Å². The second-order valence-corrected chi connectivity index (χ2v) is 7.68. The highest BCUT2D eigenvalue weighted by Crippen LogP contribution is 2.37. The molecule has 1 atom stereocenters. The lowest BCUT2D eigenvalue weighted by atomic mass is 10.1. The summed E-state index contributed by atoms with van der Waals surface area (Å²) in [6, 6.07) is 5.27. The molecule has 2 heterocycles. The minimum absolute atomic E-state index is 0.0640. The van der Waals surface area contributed by atoms with Crippen molar-refractivity contribution in [2.24, 2.45) is 0 Å². The monoisotopic (exact) mass is 522 g/mol. The summed E-state index contributed by atoms with van der Waals surface area (Å²) in [6.45, 7) is 1.12. The van der Waals surface area contributed by atoms with E-state index >= 15 is 0 Å². The first-order valence-corrected chi connectivity index (χ1v) is 10.2. The number of esters is 1. The lowest BCUT2D eigenvalue weighted by Crippen LogP contribution is -2.30. The molecule has 0 spiro atoms. The summed E-state index contributed by atoms with van der Waals surface area (Å²) in [5, 5.41) is 11.7. The van der Waals surface area contributed by atoms with Crippen LogP contribution in [0.5, 0.6) is 11.5 Å². The summed E-state index contributed by atoms with van der Waals surface area (Å²) in [5.41, 5.74) is 0.221. The number of nitrogens with zero attached hydrogens (tertiary/aromatic N) is 1. The first kappa shape index (κ1) is 23.9. The predicted molar refractivity (Wildman–Crippen MR) is 116 cm³/mol. The van der Waals surface area contributed by atoms with Gasteiger partial charge in [-0.05, 0) is 37.3 Å². The van der Waals surface area contributed by atoms with Gasteiger partial charge in [-0.1, -0.05) is 15.9 Å². The normalized spacial score (nSPS) is 15.4. The molecule has 3 amide bonds. The maximum atomic E-state index is 12.9. The minimum atomic E-state index is -1.20. The number of ether oxygens (including phenoxy) is 3. The van der Waals surface area contributed by atoms with E-state index in [0.29, 0.717) is 10.0 Å². The van der Waals surface area contributed by atoms with E-state index in [1.54, 1.807) is 12.1 Å². The molecular formula is C21H19BrN2O9. The van der Waals surface area contributed by atoms with Gasteiger partial charge in [0.05, 0.1) is 20.8 Å². The number of methoxy groups -OCH3 is 2.